The highest BCUT2D eigenvalue weighted by molar-refractivity contribution is 6.33. The summed E-state index contributed by atoms with van der Waals surface area (Å²) < 4.78 is 5.13. The molecule has 1 aromatic heterocycles. The van der Waals surface area contributed by atoms with Crippen LogP contribution in [0.1, 0.15) is 56.3 Å². The van der Waals surface area contributed by atoms with Crippen LogP contribution in [0, 0.1) is 17.8 Å². The molecule has 0 radical (unpaired) electrons. The predicted molar refractivity (Wildman–Crippen MR) is 76.8 cm³/mol. The van der Waals surface area contributed by atoms with Crippen LogP contribution in [0.15, 0.2) is 4.52 Å². The Kier molecular flexibility index (Phi) is 2.95. The summed E-state index contributed by atoms with van der Waals surface area (Å²) in [5, 5.41) is 4.13. The third-order valence-corrected chi connectivity index (χ3v) is 5.11. The van der Waals surface area contributed by atoms with Crippen LogP contribution in [0.2, 0.25) is 5.02 Å². The Morgan fingerprint density at radius 2 is 2.10 bits per heavy atom. The molecular weight excluding hydrogens is 276 g/mol. The number of nitrogens with zero attached hydrogens (tertiary/aromatic N) is 2. The SMILES string of the molecule is Cc1noc(C(=O)N2C[C@@]3(C)C[C@@H]2CC(C)(C)C3)c1Cl. The van der Waals surface area contributed by atoms with Crippen molar-refractivity contribution in [1.29, 1.82) is 0 Å². The van der Waals surface area contributed by atoms with Crippen molar-refractivity contribution in [2.24, 2.45) is 10.8 Å². The van der Waals surface area contributed by atoms with Crippen molar-refractivity contribution >= 4 is 17.5 Å². The van der Waals surface area contributed by atoms with E-state index in [2.05, 4.69) is 25.9 Å². The van der Waals surface area contributed by atoms with Gasteiger partial charge in [0.1, 0.15) is 5.02 Å². The van der Waals surface area contributed by atoms with Gasteiger partial charge >= 0.3 is 0 Å². The van der Waals surface area contributed by atoms with Gasteiger partial charge in [-0.25, -0.2) is 0 Å². The standard InChI is InChI=1S/C15H21ClN2O2/c1-9-11(16)12(20-17-9)13(19)18-8-15(4)6-10(18)5-14(2,3)7-15/h10H,5-8H2,1-4H3/t10-,15-/m0/s1. The van der Waals surface area contributed by atoms with Crippen molar-refractivity contribution in [2.75, 3.05) is 6.54 Å². The number of aryl methyl sites for hydroxylation is 1. The van der Waals surface area contributed by atoms with Gasteiger partial charge in [-0.2, -0.15) is 0 Å². The minimum absolute atomic E-state index is 0.109. The van der Waals surface area contributed by atoms with Gasteiger partial charge in [0.05, 0.1) is 5.69 Å². The Hall–Kier alpha value is -1.03. The number of fused-ring (bicyclic) bond motifs is 2. The molecule has 0 unspecified atom stereocenters. The fraction of sp³-hybridized carbons (Fsp3) is 0.733. The van der Waals surface area contributed by atoms with Crippen molar-refractivity contribution in [3.05, 3.63) is 16.5 Å². The Bertz CT molecular complexity index is 566. The lowest BCUT2D eigenvalue weighted by atomic mass is 9.65. The first-order chi connectivity index (χ1) is 9.21. The number of aromatic nitrogens is 1. The fourth-order valence-electron chi connectivity index (χ4n) is 4.32. The molecule has 2 bridgehead atoms. The van der Waals surface area contributed by atoms with Gasteiger partial charge in [0.25, 0.3) is 5.91 Å². The van der Waals surface area contributed by atoms with E-state index < -0.39 is 0 Å². The zero-order chi connectivity index (χ0) is 14.7. The van der Waals surface area contributed by atoms with Crippen molar-refractivity contribution in [2.45, 2.75) is 53.0 Å². The van der Waals surface area contributed by atoms with Gasteiger partial charge in [-0.3, -0.25) is 4.79 Å². The number of hydrogen-bond donors (Lipinski definition) is 0. The summed E-state index contributed by atoms with van der Waals surface area (Å²) in [5.41, 5.74) is 1.07. The zero-order valence-corrected chi connectivity index (χ0v) is 13.3. The van der Waals surface area contributed by atoms with Gasteiger partial charge in [0.2, 0.25) is 5.76 Å². The summed E-state index contributed by atoms with van der Waals surface area (Å²) in [5.74, 6) is 0.0835. The molecule has 3 rings (SSSR count). The molecule has 0 N–H and O–H groups in total. The maximum Gasteiger partial charge on any atom is 0.294 e. The van der Waals surface area contributed by atoms with Crippen molar-refractivity contribution in [1.82, 2.24) is 10.1 Å². The number of hydrogen-bond acceptors (Lipinski definition) is 3. The quantitative estimate of drug-likeness (QED) is 0.794. The molecule has 1 saturated heterocycles. The van der Waals surface area contributed by atoms with Gasteiger partial charge in [0.15, 0.2) is 0 Å². The number of carbonyl (C=O) groups excluding carboxylic acids is 1. The maximum absolute atomic E-state index is 12.7. The highest BCUT2D eigenvalue weighted by Gasteiger charge is 2.51. The Morgan fingerprint density at radius 1 is 1.40 bits per heavy atom. The number of carbonyl (C=O) groups is 1. The van der Waals surface area contributed by atoms with E-state index in [0.717, 1.165) is 25.8 Å². The molecule has 0 spiro atoms. The van der Waals surface area contributed by atoms with Crippen molar-refractivity contribution < 1.29 is 9.32 Å². The number of halogens is 1. The zero-order valence-electron chi connectivity index (χ0n) is 12.5. The van der Waals surface area contributed by atoms with Crippen LogP contribution in [-0.4, -0.2) is 28.6 Å². The second-order valence-electron chi connectivity index (χ2n) is 7.56. The van der Waals surface area contributed by atoms with Crippen molar-refractivity contribution in [3.8, 4) is 0 Å². The molecule has 2 aliphatic rings. The van der Waals surface area contributed by atoms with E-state index in [-0.39, 0.29) is 28.5 Å². The van der Waals surface area contributed by atoms with E-state index in [1.165, 1.54) is 0 Å². The lowest BCUT2D eigenvalue weighted by molar-refractivity contribution is 0.0667. The second-order valence-corrected chi connectivity index (χ2v) is 7.94. The molecule has 1 amide bonds. The highest BCUT2D eigenvalue weighted by atomic mass is 35.5. The first-order valence-corrected chi connectivity index (χ1v) is 7.51. The minimum Gasteiger partial charge on any atom is -0.349 e. The van der Waals surface area contributed by atoms with E-state index in [9.17, 15) is 4.79 Å². The summed E-state index contributed by atoms with van der Waals surface area (Å²) >= 11 is 6.11. The van der Waals surface area contributed by atoms with Gasteiger partial charge in [-0.15, -0.1) is 0 Å². The summed E-state index contributed by atoms with van der Waals surface area (Å²) in [4.78, 5) is 14.6. The minimum atomic E-state index is -0.109. The highest BCUT2D eigenvalue weighted by Crippen LogP contribution is 2.52. The monoisotopic (exact) mass is 296 g/mol. The Morgan fingerprint density at radius 3 is 2.70 bits per heavy atom. The third-order valence-electron chi connectivity index (χ3n) is 4.66. The molecule has 1 aliphatic heterocycles. The van der Waals surface area contributed by atoms with Gasteiger partial charge in [0, 0.05) is 12.6 Å². The topological polar surface area (TPSA) is 46.3 Å². The van der Waals surface area contributed by atoms with Gasteiger partial charge < -0.3 is 9.42 Å². The summed E-state index contributed by atoms with van der Waals surface area (Å²) in [6.07, 6.45) is 3.27. The molecule has 5 heteroatoms. The van der Waals surface area contributed by atoms with Crippen LogP contribution in [0.3, 0.4) is 0 Å². The normalized spacial score (nSPS) is 31.6. The third kappa shape index (κ3) is 2.14. The molecule has 4 nitrogen and oxygen atoms in total. The summed E-state index contributed by atoms with van der Waals surface area (Å²) in [7, 11) is 0. The molecule has 1 saturated carbocycles. The molecule has 2 atom stereocenters. The van der Waals surface area contributed by atoms with E-state index in [4.69, 9.17) is 16.1 Å². The summed E-state index contributed by atoms with van der Waals surface area (Å²) in [6.45, 7) is 9.39. The molecule has 110 valence electrons. The number of amides is 1. The fourth-order valence-corrected chi connectivity index (χ4v) is 4.47. The lowest BCUT2D eigenvalue weighted by Crippen LogP contribution is -2.37. The van der Waals surface area contributed by atoms with Crippen molar-refractivity contribution in [3.63, 3.8) is 0 Å². The Labute approximate surface area is 124 Å². The van der Waals surface area contributed by atoms with Crippen LogP contribution < -0.4 is 0 Å². The maximum atomic E-state index is 12.7. The molecule has 0 aromatic carbocycles. The van der Waals surface area contributed by atoms with Gasteiger partial charge in [-0.05, 0) is 37.0 Å². The van der Waals surface area contributed by atoms with Crippen LogP contribution >= 0.6 is 11.6 Å². The second kappa shape index (κ2) is 4.23. The smallest absolute Gasteiger partial charge is 0.294 e. The van der Waals surface area contributed by atoms with Gasteiger partial charge in [-0.1, -0.05) is 37.5 Å². The van der Waals surface area contributed by atoms with E-state index >= 15 is 0 Å². The first kappa shape index (κ1) is 13.9. The number of likely N-dealkylation sites (tertiary alicyclic amines) is 1. The van der Waals surface area contributed by atoms with E-state index in [0.29, 0.717) is 10.7 Å². The van der Waals surface area contributed by atoms with Crippen LogP contribution in [-0.2, 0) is 0 Å². The largest absolute Gasteiger partial charge is 0.349 e. The van der Waals surface area contributed by atoms with Crippen LogP contribution in [0.25, 0.3) is 0 Å². The van der Waals surface area contributed by atoms with E-state index in [1.807, 2.05) is 4.90 Å². The van der Waals surface area contributed by atoms with E-state index in [1.54, 1.807) is 6.92 Å². The molecule has 2 fully saturated rings. The number of rotatable bonds is 1. The van der Waals surface area contributed by atoms with Crippen LogP contribution in [0.4, 0.5) is 0 Å². The molecule has 1 aromatic rings. The molecular formula is C15H21ClN2O2. The average molecular weight is 297 g/mol. The lowest BCUT2D eigenvalue weighted by Gasteiger charge is -2.39. The molecule has 20 heavy (non-hydrogen) atoms. The molecule has 2 heterocycles. The summed E-state index contributed by atoms with van der Waals surface area (Å²) in [6, 6.07) is 0.290. The first-order valence-electron chi connectivity index (χ1n) is 7.14. The average Bonchev–Trinajstić information content (AvgIpc) is 2.76. The molecule has 1 aliphatic carbocycles. The predicted octanol–water partition coefficient (Wildman–Crippen LogP) is 3.68. The van der Waals surface area contributed by atoms with Crippen LogP contribution in [0.5, 0.6) is 0 Å². The Balaban J connectivity index is 1.89.